The van der Waals surface area contributed by atoms with Gasteiger partial charge in [-0.05, 0) is 43.0 Å². The molecule has 0 amide bonds. The molecule has 1 nitrogen and oxygen atoms in total. The van der Waals surface area contributed by atoms with E-state index in [1.165, 1.54) is 4.88 Å². The van der Waals surface area contributed by atoms with E-state index in [1.807, 2.05) is 0 Å². The van der Waals surface area contributed by atoms with Crippen molar-refractivity contribution in [1.82, 2.24) is 0 Å². The Morgan fingerprint density at radius 1 is 1.62 bits per heavy atom. The van der Waals surface area contributed by atoms with Crippen LogP contribution >= 0.6 is 23.1 Å². The summed E-state index contributed by atoms with van der Waals surface area (Å²) in [7, 11) is 0. The lowest BCUT2D eigenvalue weighted by molar-refractivity contribution is 0.167. The molecule has 0 aliphatic heterocycles. The fourth-order valence-electron chi connectivity index (χ4n) is 1.62. The van der Waals surface area contributed by atoms with Crippen molar-refractivity contribution in [1.29, 1.82) is 0 Å². The Kier molecular flexibility index (Phi) is 2.43. The van der Waals surface area contributed by atoms with Crippen molar-refractivity contribution >= 4 is 23.1 Å². The fourth-order valence-corrected chi connectivity index (χ4v) is 3.22. The molecule has 1 saturated carbocycles. The van der Waals surface area contributed by atoms with Crippen LogP contribution in [0.15, 0.2) is 11.4 Å². The molecule has 1 aliphatic carbocycles. The summed E-state index contributed by atoms with van der Waals surface area (Å²) >= 11 is 3.52. The Balaban J connectivity index is 2.17. The minimum absolute atomic E-state index is 0.146. The SMILES string of the molecule is CSC1(C(O)c2csc(C)c2)CC1. The van der Waals surface area contributed by atoms with Gasteiger partial charge >= 0.3 is 0 Å². The van der Waals surface area contributed by atoms with Crippen molar-refractivity contribution < 1.29 is 5.11 Å². The van der Waals surface area contributed by atoms with E-state index in [-0.39, 0.29) is 10.9 Å². The second-order valence-electron chi connectivity index (χ2n) is 3.66. The van der Waals surface area contributed by atoms with Crippen LogP contribution in [0.25, 0.3) is 0 Å². The molecule has 1 aromatic heterocycles. The molecule has 0 radical (unpaired) electrons. The summed E-state index contributed by atoms with van der Waals surface area (Å²) in [6, 6.07) is 2.10. The predicted octanol–water partition coefficient (Wildman–Crippen LogP) is 2.99. The van der Waals surface area contributed by atoms with Crippen LogP contribution in [0.3, 0.4) is 0 Å². The van der Waals surface area contributed by atoms with E-state index in [0.29, 0.717) is 0 Å². The summed E-state index contributed by atoms with van der Waals surface area (Å²) in [6.45, 7) is 2.08. The molecule has 0 spiro atoms. The summed E-state index contributed by atoms with van der Waals surface area (Å²) in [5.74, 6) is 0. The molecular weight excluding hydrogens is 200 g/mol. The molecule has 1 N–H and O–H groups in total. The van der Waals surface area contributed by atoms with Gasteiger partial charge in [0.25, 0.3) is 0 Å². The van der Waals surface area contributed by atoms with Gasteiger partial charge in [0, 0.05) is 9.62 Å². The van der Waals surface area contributed by atoms with Crippen molar-refractivity contribution in [3.63, 3.8) is 0 Å². The monoisotopic (exact) mass is 214 g/mol. The summed E-state index contributed by atoms with van der Waals surface area (Å²) in [6.07, 6.45) is 4.15. The maximum atomic E-state index is 10.1. The summed E-state index contributed by atoms with van der Waals surface area (Å²) in [4.78, 5) is 1.28. The number of hydrogen-bond donors (Lipinski definition) is 1. The maximum Gasteiger partial charge on any atom is 0.0944 e. The van der Waals surface area contributed by atoms with Crippen molar-refractivity contribution in [2.24, 2.45) is 0 Å². The zero-order valence-corrected chi connectivity index (χ0v) is 9.54. The van der Waals surface area contributed by atoms with Crippen LogP contribution < -0.4 is 0 Å². The molecule has 0 aromatic carbocycles. The number of aliphatic hydroxyl groups excluding tert-OH is 1. The maximum absolute atomic E-state index is 10.1. The molecular formula is C10H14OS2. The van der Waals surface area contributed by atoms with Crippen molar-refractivity contribution in [3.8, 4) is 0 Å². The molecule has 1 aliphatic rings. The van der Waals surface area contributed by atoms with E-state index in [4.69, 9.17) is 0 Å². The third kappa shape index (κ3) is 1.65. The van der Waals surface area contributed by atoms with E-state index in [9.17, 15) is 5.11 Å². The summed E-state index contributed by atoms with van der Waals surface area (Å²) in [5.41, 5.74) is 1.11. The minimum atomic E-state index is -0.257. The van der Waals surface area contributed by atoms with Gasteiger partial charge in [0.05, 0.1) is 6.10 Å². The van der Waals surface area contributed by atoms with Gasteiger partial charge in [0.2, 0.25) is 0 Å². The number of rotatable bonds is 3. The van der Waals surface area contributed by atoms with Gasteiger partial charge < -0.3 is 5.11 Å². The Labute approximate surface area is 87.2 Å². The van der Waals surface area contributed by atoms with Crippen LogP contribution in [-0.4, -0.2) is 16.1 Å². The van der Waals surface area contributed by atoms with E-state index in [0.717, 1.165) is 18.4 Å². The lowest BCUT2D eigenvalue weighted by Gasteiger charge is -2.18. The van der Waals surface area contributed by atoms with Crippen LogP contribution in [0, 0.1) is 6.92 Å². The van der Waals surface area contributed by atoms with Crippen molar-refractivity contribution in [3.05, 3.63) is 21.9 Å². The average molecular weight is 214 g/mol. The Morgan fingerprint density at radius 2 is 2.31 bits per heavy atom. The number of aliphatic hydroxyl groups is 1. The molecule has 0 bridgehead atoms. The fraction of sp³-hybridized carbons (Fsp3) is 0.600. The standard InChI is InChI=1S/C10H14OS2/c1-7-5-8(6-13-7)9(11)10(12-2)3-4-10/h5-6,9,11H,3-4H2,1-2H3. The summed E-state index contributed by atoms with van der Waals surface area (Å²) < 4.78 is 0.146. The highest BCUT2D eigenvalue weighted by Crippen LogP contribution is 2.55. The van der Waals surface area contributed by atoms with Crippen LogP contribution in [0.2, 0.25) is 0 Å². The molecule has 72 valence electrons. The van der Waals surface area contributed by atoms with Gasteiger partial charge in [0.15, 0.2) is 0 Å². The van der Waals surface area contributed by atoms with Gasteiger partial charge in [-0.15, -0.1) is 11.3 Å². The average Bonchev–Trinajstić information content (AvgIpc) is 2.82. The lowest BCUT2D eigenvalue weighted by Crippen LogP contribution is -2.15. The highest BCUT2D eigenvalue weighted by molar-refractivity contribution is 8.00. The largest absolute Gasteiger partial charge is 0.387 e. The van der Waals surface area contributed by atoms with Gasteiger partial charge in [-0.2, -0.15) is 11.8 Å². The second-order valence-corrected chi connectivity index (χ2v) is 6.00. The van der Waals surface area contributed by atoms with E-state index in [2.05, 4.69) is 24.6 Å². The normalized spacial score (nSPS) is 21.5. The molecule has 1 atom stereocenters. The summed E-state index contributed by atoms with van der Waals surface area (Å²) in [5, 5.41) is 12.2. The lowest BCUT2D eigenvalue weighted by atomic mass is 10.1. The highest BCUT2D eigenvalue weighted by Gasteiger charge is 2.49. The second kappa shape index (κ2) is 3.30. The Bertz CT molecular complexity index is 302. The van der Waals surface area contributed by atoms with Gasteiger partial charge in [-0.3, -0.25) is 0 Å². The molecule has 1 unspecified atom stereocenters. The minimum Gasteiger partial charge on any atom is -0.387 e. The molecule has 1 heterocycles. The first kappa shape index (κ1) is 9.56. The zero-order valence-electron chi connectivity index (χ0n) is 7.91. The Hall–Kier alpha value is 0.0100. The molecule has 3 heteroatoms. The third-order valence-corrected chi connectivity index (χ3v) is 5.04. The smallest absolute Gasteiger partial charge is 0.0944 e. The van der Waals surface area contributed by atoms with Crippen LogP contribution in [0.1, 0.15) is 29.4 Å². The number of aryl methyl sites for hydroxylation is 1. The molecule has 1 aromatic rings. The molecule has 1 fully saturated rings. The molecule has 13 heavy (non-hydrogen) atoms. The zero-order chi connectivity index (χ0) is 9.47. The van der Waals surface area contributed by atoms with Crippen LogP contribution in [-0.2, 0) is 0 Å². The first-order valence-electron chi connectivity index (χ1n) is 4.46. The predicted molar refractivity (Wildman–Crippen MR) is 59.5 cm³/mol. The van der Waals surface area contributed by atoms with E-state index < -0.39 is 0 Å². The quantitative estimate of drug-likeness (QED) is 0.834. The van der Waals surface area contributed by atoms with E-state index >= 15 is 0 Å². The number of thioether (sulfide) groups is 1. The molecule has 0 saturated heterocycles. The van der Waals surface area contributed by atoms with Gasteiger partial charge in [-0.25, -0.2) is 0 Å². The van der Waals surface area contributed by atoms with Crippen molar-refractivity contribution in [2.75, 3.05) is 6.26 Å². The van der Waals surface area contributed by atoms with E-state index in [1.54, 1.807) is 23.1 Å². The third-order valence-electron chi connectivity index (χ3n) is 2.71. The Morgan fingerprint density at radius 3 is 2.69 bits per heavy atom. The van der Waals surface area contributed by atoms with Gasteiger partial charge in [0.1, 0.15) is 0 Å². The first-order valence-corrected chi connectivity index (χ1v) is 6.57. The topological polar surface area (TPSA) is 20.2 Å². The first-order chi connectivity index (χ1) is 6.18. The van der Waals surface area contributed by atoms with Gasteiger partial charge in [-0.1, -0.05) is 0 Å². The number of hydrogen-bond acceptors (Lipinski definition) is 3. The van der Waals surface area contributed by atoms with Crippen LogP contribution in [0.4, 0.5) is 0 Å². The van der Waals surface area contributed by atoms with Crippen molar-refractivity contribution in [2.45, 2.75) is 30.6 Å². The highest BCUT2D eigenvalue weighted by atomic mass is 32.2. The van der Waals surface area contributed by atoms with Crippen LogP contribution in [0.5, 0.6) is 0 Å². The number of thiophene rings is 1. The molecule has 2 rings (SSSR count).